The summed E-state index contributed by atoms with van der Waals surface area (Å²) in [5, 5.41) is 4.38. The molecule has 0 radical (unpaired) electrons. The minimum absolute atomic E-state index is 0.0502. The van der Waals surface area contributed by atoms with Gasteiger partial charge in [-0.2, -0.15) is 5.10 Å². The van der Waals surface area contributed by atoms with E-state index in [0.29, 0.717) is 5.69 Å². The maximum Gasteiger partial charge on any atom is 0.355 e. The number of anilines is 1. The molecule has 0 aromatic heterocycles. The first-order valence-electron chi connectivity index (χ1n) is 11.1. The monoisotopic (exact) mass is 449 g/mol. The number of imide groups is 1. The van der Waals surface area contributed by atoms with Crippen LogP contribution < -0.4 is 10.3 Å². The molecule has 2 unspecified atom stereocenters. The Balaban J connectivity index is 1.63. The summed E-state index contributed by atoms with van der Waals surface area (Å²) in [6.07, 6.45) is 0. The number of methoxy groups -OCH3 is 1. The van der Waals surface area contributed by atoms with Crippen LogP contribution in [0.1, 0.15) is 34.1 Å². The smallest absolute Gasteiger partial charge is 0.355 e. The number of nitrogens with zero attached hydrogens (tertiary/aromatic N) is 2. The third-order valence-electron chi connectivity index (χ3n) is 7.92. The van der Waals surface area contributed by atoms with Crippen molar-refractivity contribution in [1.29, 1.82) is 0 Å². The molecule has 166 valence electrons. The van der Waals surface area contributed by atoms with Crippen LogP contribution in [0, 0.1) is 5.41 Å². The highest BCUT2D eigenvalue weighted by atomic mass is 16.5. The average Bonchev–Trinajstić information content (AvgIpc) is 3.35. The number of hydrogen-bond donors (Lipinski definition) is 1. The Morgan fingerprint density at radius 1 is 0.824 bits per heavy atom. The van der Waals surface area contributed by atoms with E-state index < -0.39 is 40.6 Å². The van der Waals surface area contributed by atoms with E-state index >= 15 is 0 Å². The molecule has 2 amide bonds. The molecule has 8 rings (SSSR count). The van der Waals surface area contributed by atoms with E-state index in [1.807, 2.05) is 54.6 Å². The van der Waals surface area contributed by atoms with Crippen molar-refractivity contribution < 1.29 is 19.1 Å². The number of amides is 2. The Kier molecular flexibility index (Phi) is 3.51. The Hall–Kier alpha value is -4.26. The van der Waals surface area contributed by atoms with Gasteiger partial charge in [0.15, 0.2) is 11.3 Å². The van der Waals surface area contributed by atoms with Gasteiger partial charge < -0.3 is 4.74 Å². The quantitative estimate of drug-likeness (QED) is 0.480. The van der Waals surface area contributed by atoms with E-state index in [1.165, 1.54) is 12.0 Å². The van der Waals surface area contributed by atoms with Crippen molar-refractivity contribution in [2.45, 2.75) is 17.4 Å². The van der Waals surface area contributed by atoms with Crippen LogP contribution >= 0.6 is 0 Å². The zero-order valence-corrected chi connectivity index (χ0v) is 18.2. The van der Waals surface area contributed by atoms with Crippen molar-refractivity contribution >= 4 is 29.2 Å². The fraction of sp³-hybridized carbons (Fsp3) is 0.185. The van der Waals surface area contributed by atoms with Crippen molar-refractivity contribution in [3.8, 4) is 0 Å². The van der Waals surface area contributed by atoms with Gasteiger partial charge in [-0.15, -0.1) is 0 Å². The van der Waals surface area contributed by atoms with Gasteiger partial charge in [0.2, 0.25) is 0 Å². The zero-order chi connectivity index (χ0) is 23.2. The van der Waals surface area contributed by atoms with Crippen molar-refractivity contribution in [1.82, 2.24) is 5.43 Å². The van der Waals surface area contributed by atoms with Crippen LogP contribution in [0.25, 0.3) is 0 Å². The Labute approximate surface area is 195 Å². The van der Waals surface area contributed by atoms with Crippen LogP contribution in [-0.2, 0) is 19.1 Å². The first-order chi connectivity index (χ1) is 16.6. The summed E-state index contributed by atoms with van der Waals surface area (Å²) in [6.45, 7) is 0. The van der Waals surface area contributed by atoms with E-state index in [9.17, 15) is 14.4 Å². The van der Waals surface area contributed by atoms with Crippen LogP contribution in [0.2, 0.25) is 0 Å². The molecule has 0 spiro atoms. The van der Waals surface area contributed by atoms with Crippen LogP contribution in [0.15, 0.2) is 84.0 Å². The summed E-state index contributed by atoms with van der Waals surface area (Å²) in [4.78, 5) is 43.3. The Bertz CT molecular complexity index is 1420. The summed E-state index contributed by atoms with van der Waals surface area (Å²) in [6, 6.07) is 24.5. The van der Waals surface area contributed by atoms with Crippen LogP contribution in [0.5, 0.6) is 0 Å². The molecule has 1 N–H and O–H groups in total. The Morgan fingerprint density at radius 3 is 1.91 bits per heavy atom. The normalized spacial score (nSPS) is 29.6. The van der Waals surface area contributed by atoms with Gasteiger partial charge in [0, 0.05) is 11.8 Å². The molecule has 7 nitrogen and oxygen atoms in total. The highest BCUT2D eigenvalue weighted by Gasteiger charge is 2.85. The number of esters is 1. The van der Waals surface area contributed by atoms with E-state index in [-0.39, 0.29) is 5.71 Å². The van der Waals surface area contributed by atoms with E-state index in [1.54, 1.807) is 24.3 Å². The highest BCUT2D eigenvalue weighted by Crippen LogP contribution is 2.70. The number of ether oxygens (including phenoxy) is 1. The lowest BCUT2D eigenvalue weighted by Crippen LogP contribution is -2.69. The van der Waals surface area contributed by atoms with Gasteiger partial charge in [-0.05, 0) is 34.4 Å². The SMILES string of the molecule is COC(=O)C1=NNC23C(=O)N(c4ccccc4)C(=O)C12C1c2ccccc2C3c2ccccc21. The maximum absolute atomic E-state index is 14.6. The second kappa shape index (κ2) is 6.20. The summed E-state index contributed by atoms with van der Waals surface area (Å²) in [5.74, 6) is -2.68. The van der Waals surface area contributed by atoms with Crippen LogP contribution in [-0.4, -0.2) is 36.1 Å². The lowest BCUT2D eigenvalue weighted by atomic mass is 9.43. The topological polar surface area (TPSA) is 88.1 Å². The minimum atomic E-state index is -1.57. The molecule has 1 saturated heterocycles. The predicted octanol–water partition coefficient (Wildman–Crippen LogP) is 2.71. The number of hydrogen-bond acceptors (Lipinski definition) is 6. The number of para-hydroxylation sites is 1. The van der Waals surface area contributed by atoms with Crippen molar-refractivity contribution in [2.75, 3.05) is 12.0 Å². The molecular weight excluding hydrogens is 430 g/mol. The van der Waals surface area contributed by atoms with Crippen molar-refractivity contribution in [2.24, 2.45) is 10.5 Å². The van der Waals surface area contributed by atoms with Crippen LogP contribution in [0.3, 0.4) is 0 Å². The van der Waals surface area contributed by atoms with Gasteiger partial charge in [0.05, 0.1) is 12.8 Å². The highest BCUT2D eigenvalue weighted by molar-refractivity contribution is 6.50. The van der Waals surface area contributed by atoms with Gasteiger partial charge in [-0.1, -0.05) is 66.7 Å². The molecule has 34 heavy (non-hydrogen) atoms. The minimum Gasteiger partial charge on any atom is -0.464 e. The largest absolute Gasteiger partial charge is 0.464 e. The molecule has 7 heteroatoms. The number of rotatable bonds is 2. The molecular formula is C27H19N3O4. The summed E-state index contributed by atoms with van der Waals surface area (Å²) >= 11 is 0. The van der Waals surface area contributed by atoms with Gasteiger partial charge in [0.1, 0.15) is 5.41 Å². The molecule has 3 aliphatic carbocycles. The van der Waals surface area contributed by atoms with Gasteiger partial charge >= 0.3 is 5.97 Å². The summed E-state index contributed by atoms with van der Waals surface area (Å²) in [7, 11) is 1.26. The predicted molar refractivity (Wildman–Crippen MR) is 123 cm³/mol. The Morgan fingerprint density at radius 2 is 1.35 bits per heavy atom. The summed E-state index contributed by atoms with van der Waals surface area (Å²) in [5.41, 5.74) is 4.21. The van der Waals surface area contributed by atoms with Crippen molar-refractivity contribution in [3.63, 3.8) is 0 Å². The van der Waals surface area contributed by atoms with Crippen LogP contribution in [0.4, 0.5) is 5.69 Å². The molecule has 5 aliphatic rings. The molecule has 3 aromatic carbocycles. The fourth-order valence-corrected chi connectivity index (χ4v) is 6.80. The molecule has 2 aliphatic heterocycles. The first-order valence-corrected chi connectivity index (χ1v) is 11.1. The van der Waals surface area contributed by atoms with Gasteiger partial charge in [0.25, 0.3) is 11.8 Å². The zero-order valence-electron chi connectivity index (χ0n) is 18.2. The standard InChI is InChI=1S/C27H19N3O4/c1-34-23(31)22-26-20-16-11-5-7-13-18(16)21(19-14-8-6-12-17(19)20)27(26,29-28-22)25(33)30(24(26)32)15-9-3-2-4-10-15/h2-14,20-21,29H,1H3. The third kappa shape index (κ3) is 1.81. The lowest BCUT2D eigenvalue weighted by Gasteiger charge is -2.55. The molecule has 2 atom stereocenters. The molecule has 2 heterocycles. The fourth-order valence-electron chi connectivity index (χ4n) is 6.80. The number of carbonyl (C=O) groups is 3. The maximum atomic E-state index is 14.6. The second-order valence-corrected chi connectivity index (χ2v) is 9.08. The van der Waals surface area contributed by atoms with E-state index in [0.717, 1.165) is 22.3 Å². The van der Waals surface area contributed by atoms with Gasteiger partial charge in [-0.25, -0.2) is 9.69 Å². The van der Waals surface area contributed by atoms with E-state index in [2.05, 4.69) is 10.5 Å². The summed E-state index contributed by atoms with van der Waals surface area (Å²) < 4.78 is 5.10. The number of benzene rings is 3. The lowest BCUT2D eigenvalue weighted by molar-refractivity contribution is -0.135. The van der Waals surface area contributed by atoms with Gasteiger partial charge in [-0.3, -0.25) is 15.0 Å². The molecule has 2 bridgehead atoms. The van der Waals surface area contributed by atoms with Crippen molar-refractivity contribution in [3.05, 3.63) is 101 Å². The first kappa shape index (κ1) is 19.2. The molecule has 0 saturated carbocycles. The van der Waals surface area contributed by atoms with E-state index in [4.69, 9.17) is 4.74 Å². The number of hydrazone groups is 1. The number of carbonyl (C=O) groups excluding carboxylic acids is 3. The average molecular weight is 449 g/mol. The molecule has 1 fully saturated rings. The third-order valence-corrected chi connectivity index (χ3v) is 7.92. The number of nitrogens with one attached hydrogen (secondary N) is 1. The molecule has 3 aromatic rings. The second-order valence-electron chi connectivity index (χ2n) is 9.08.